The number of fused-ring (bicyclic) bond motifs is 1. The predicted octanol–water partition coefficient (Wildman–Crippen LogP) is 4.49. The van der Waals surface area contributed by atoms with Crippen molar-refractivity contribution in [1.82, 2.24) is 19.9 Å². The highest BCUT2D eigenvalue weighted by atomic mass is 35.5. The Hall–Kier alpha value is -3.06. The summed E-state index contributed by atoms with van der Waals surface area (Å²) < 4.78 is 27.8. The van der Waals surface area contributed by atoms with Gasteiger partial charge in [-0.1, -0.05) is 17.7 Å². The van der Waals surface area contributed by atoms with Crippen molar-refractivity contribution >= 4 is 28.5 Å². The van der Waals surface area contributed by atoms with Crippen LogP contribution >= 0.6 is 11.6 Å². The summed E-state index contributed by atoms with van der Waals surface area (Å²) in [6, 6.07) is 7.59. The molecule has 27 heavy (non-hydrogen) atoms. The fraction of sp³-hybridized carbons (Fsp3) is 0.105. The number of halogens is 3. The van der Waals surface area contributed by atoms with E-state index in [4.69, 9.17) is 11.6 Å². The van der Waals surface area contributed by atoms with E-state index in [-0.39, 0.29) is 6.54 Å². The number of benzene rings is 1. The zero-order valence-electron chi connectivity index (χ0n) is 14.0. The second kappa shape index (κ2) is 7.28. The monoisotopic (exact) mass is 385 g/mol. The molecule has 0 atom stereocenters. The normalized spacial score (nSPS) is 11.1. The first-order chi connectivity index (χ1) is 13.1. The summed E-state index contributed by atoms with van der Waals surface area (Å²) in [6.07, 6.45) is 5.31. The molecule has 0 fully saturated rings. The molecule has 0 unspecified atom stereocenters. The maximum absolute atomic E-state index is 14.4. The molecule has 136 valence electrons. The fourth-order valence-corrected chi connectivity index (χ4v) is 3.11. The second-order valence-electron chi connectivity index (χ2n) is 6.05. The van der Waals surface area contributed by atoms with E-state index in [1.54, 1.807) is 30.6 Å². The Kier molecular flexibility index (Phi) is 4.68. The van der Waals surface area contributed by atoms with Crippen molar-refractivity contribution in [1.29, 1.82) is 0 Å². The molecule has 5 nitrogen and oxygen atoms in total. The molecule has 0 radical (unpaired) electrons. The Morgan fingerprint density at radius 3 is 2.81 bits per heavy atom. The lowest BCUT2D eigenvalue weighted by molar-refractivity contribution is 0.571. The van der Waals surface area contributed by atoms with Crippen LogP contribution in [0.5, 0.6) is 0 Å². The number of anilines is 1. The molecule has 0 spiro atoms. The quantitative estimate of drug-likeness (QED) is 0.497. The molecule has 0 aliphatic rings. The van der Waals surface area contributed by atoms with Crippen LogP contribution in [0.15, 0.2) is 49.1 Å². The molecule has 0 saturated heterocycles. The minimum absolute atomic E-state index is 0.281. The number of hydrogen-bond donors (Lipinski definition) is 2. The molecule has 8 heteroatoms. The maximum atomic E-state index is 14.4. The fourth-order valence-electron chi connectivity index (χ4n) is 2.86. The molecule has 1 aromatic carbocycles. The molecule has 3 aromatic heterocycles. The van der Waals surface area contributed by atoms with Crippen molar-refractivity contribution in [3.63, 3.8) is 0 Å². The van der Waals surface area contributed by atoms with Crippen LogP contribution in [0.4, 0.5) is 14.6 Å². The van der Waals surface area contributed by atoms with E-state index in [0.29, 0.717) is 34.0 Å². The molecule has 4 rings (SSSR count). The van der Waals surface area contributed by atoms with Crippen molar-refractivity contribution in [3.05, 3.63) is 82.5 Å². The van der Waals surface area contributed by atoms with Crippen molar-refractivity contribution < 1.29 is 8.78 Å². The van der Waals surface area contributed by atoms with Crippen LogP contribution in [-0.4, -0.2) is 19.9 Å². The maximum Gasteiger partial charge on any atom is 0.218 e. The molecule has 0 saturated carbocycles. The molecule has 0 amide bonds. The smallest absolute Gasteiger partial charge is 0.218 e. The highest BCUT2D eigenvalue weighted by molar-refractivity contribution is 6.30. The van der Waals surface area contributed by atoms with Crippen molar-refractivity contribution in [2.45, 2.75) is 13.0 Å². The summed E-state index contributed by atoms with van der Waals surface area (Å²) in [5, 5.41) is 4.13. The third-order valence-corrected chi connectivity index (χ3v) is 4.36. The largest absolute Gasteiger partial charge is 0.366 e. The van der Waals surface area contributed by atoms with Gasteiger partial charge in [-0.25, -0.2) is 19.3 Å². The highest BCUT2D eigenvalue weighted by Crippen LogP contribution is 2.21. The van der Waals surface area contributed by atoms with Crippen LogP contribution in [-0.2, 0) is 13.0 Å². The van der Waals surface area contributed by atoms with Gasteiger partial charge in [-0.3, -0.25) is 0 Å². The lowest BCUT2D eigenvalue weighted by atomic mass is 10.1. The highest BCUT2D eigenvalue weighted by Gasteiger charge is 2.11. The topological polar surface area (TPSA) is 66.5 Å². The van der Waals surface area contributed by atoms with Crippen LogP contribution in [0.2, 0.25) is 5.02 Å². The summed E-state index contributed by atoms with van der Waals surface area (Å²) >= 11 is 5.83. The van der Waals surface area contributed by atoms with E-state index in [0.717, 1.165) is 10.9 Å². The van der Waals surface area contributed by atoms with E-state index in [1.807, 2.05) is 0 Å². The summed E-state index contributed by atoms with van der Waals surface area (Å²) in [7, 11) is 0. The van der Waals surface area contributed by atoms with Crippen LogP contribution in [0.1, 0.15) is 16.7 Å². The van der Waals surface area contributed by atoms with Gasteiger partial charge in [0.1, 0.15) is 23.6 Å². The zero-order chi connectivity index (χ0) is 18.8. The van der Waals surface area contributed by atoms with Gasteiger partial charge in [0.05, 0.1) is 0 Å². The lowest BCUT2D eigenvalue weighted by Crippen LogP contribution is -2.04. The molecular weight excluding hydrogens is 372 g/mol. The van der Waals surface area contributed by atoms with E-state index in [1.165, 1.54) is 18.5 Å². The Labute approximate surface area is 158 Å². The van der Waals surface area contributed by atoms with Crippen LogP contribution in [0.25, 0.3) is 11.0 Å². The number of aromatic nitrogens is 4. The SMILES string of the molecule is Fc1cc(Cl)cc(CNc2ccc(Cc3c[nH]c4ncncc34)c(F)n2)c1. The van der Waals surface area contributed by atoms with E-state index < -0.39 is 11.8 Å². The minimum atomic E-state index is -0.566. The van der Waals surface area contributed by atoms with E-state index in [9.17, 15) is 8.78 Å². The molecule has 0 bridgehead atoms. The van der Waals surface area contributed by atoms with Crippen molar-refractivity contribution in [3.8, 4) is 0 Å². The Balaban J connectivity index is 1.49. The van der Waals surface area contributed by atoms with E-state index >= 15 is 0 Å². The Bertz CT molecular complexity index is 1090. The van der Waals surface area contributed by atoms with Gasteiger partial charge >= 0.3 is 0 Å². The van der Waals surface area contributed by atoms with Gasteiger partial charge in [0.15, 0.2) is 0 Å². The number of pyridine rings is 1. The predicted molar refractivity (Wildman–Crippen MR) is 99.6 cm³/mol. The van der Waals surface area contributed by atoms with Gasteiger partial charge in [0.25, 0.3) is 0 Å². The van der Waals surface area contributed by atoms with Crippen LogP contribution in [0, 0.1) is 11.8 Å². The van der Waals surface area contributed by atoms with Gasteiger partial charge in [-0.15, -0.1) is 0 Å². The summed E-state index contributed by atoms with van der Waals surface area (Å²) in [5.41, 5.74) is 2.70. The minimum Gasteiger partial charge on any atom is -0.366 e. The third-order valence-electron chi connectivity index (χ3n) is 4.14. The summed E-state index contributed by atoms with van der Waals surface area (Å²) in [5.74, 6) is -0.626. The zero-order valence-corrected chi connectivity index (χ0v) is 14.8. The number of nitrogens with zero attached hydrogens (tertiary/aromatic N) is 3. The Morgan fingerprint density at radius 1 is 1.11 bits per heavy atom. The van der Waals surface area contributed by atoms with Gasteiger partial charge in [-0.05, 0) is 35.4 Å². The van der Waals surface area contributed by atoms with Crippen LogP contribution < -0.4 is 5.32 Å². The first-order valence-corrected chi connectivity index (χ1v) is 8.56. The summed E-state index contributed by atoms with van der Waals surface area (Å²) in [6.45, 7) is 0.281. The second-order valence-corrected chi connectivity index (χ2v) is 6.49. The number of rotatable bonds is 5. The third kappa shape index (κ3) is 3.88. The van der Waals surface area contributed by atoms with Gasteiger partial charge in [0.2, 0.25) is 5.95 Å². The number of hydrogen-bond acceptors (Lipinski definition) is 4. The van der Waals surface area contributed by atoms with Gasteiger partial charge < -0.3 is 10.3 Å². The standard InChI is InChI=1S/C19H14ClF2N5/c20-14-3-11(4-15(21)6-14)7-24-17-2-1-12(18(22)27-17)5-13-8-25-19-16(13)9-23-10-26-19/h1-4,6,8-10H,5,7H2,(H,24,27)(H,23,25,26). The molecule has 4 aromatic rings. The molecular formula is C19H14ClF2N5. The number of nitrogens with one attached hydrogen (secondary N) is 2. The van der Waals surface area contributed by atoms with Gasteiger partial charge in [-0.2, -0.15) is 4.39 Å². The average molecular weight is 386 g/mol. The molecule has 2 N–H and O–H groups in total. The molecule has 0 aliphatic carbocycles. The lowest BCUT2D eigenvalue weighted by Gasteiger charge is -2.08. The van der Waals surface area contributed by atoms with E-state index in [2.05, 4.69) is 25.3 Å². The first kappa shape index (κ1) is 17.4. The first-order valence-electron chi connectivity index (χ1n) is 8.19. The Morgan fingerprint density at radius 2 is 2.00 bits per heavy atom. The van der Waals surface area contributed by atoms with Crippen molar-refractivity contribution in [2.24, 2.45) is 0 Å². The number of aromatic amines is 1. The molecule has 3 heterocycles. The van der Waals surface area contributed by atoms with Crippen LogP contribution in [0.3, 0.4) is 0 Å². The summed E-state index contributed by atoms with van der Waals surface area (Å²) in [4.78, 5) is 15.1. The average Bonchev–Trinajstić information content (AvgIpc) is 3.04. The number of H-pyrrole nitrogens is 1. The van der Waals surface area contributed by atoms with Crippen molar-refractivity contribution in [2.75, 3.05) is 5.32 Å². The molecule has 0 aliphatic heterocycles. The van der Waals surface area contributed by atoms with Gasteiger partial charge in [0, 0.05) is 41.3 Å².